The molecular formula is C16H16Cl2N2O3. The molecule has 3 rings (SSSR count). The van der Waals surface area contributed by atoms with Crippen molar-refractivity contribution in [2.24, 2.45) is 5.92 Å². The normalized spacial score (nSPS) is 23.6. The number of nitrogens with zero attached hydrogens (tertiary/aromatic N) is 2. The van der Waals surface area contributed by atoms with Gasteiger partial charge >= 0.3 is 0 Å². The first-order valence-electron chi connectivity index (χ1n) is 7.52. The zero-order valence-electron chi connectivity index (χ0n) is 12.4. The van der Waals surface area contributed by atoms with E-state index in [-0.39, 0.29) is 10.8 Å². The molecule has 1 aromatic carbocycles. The summed E-state index contributed by atoms with van der Waals surface area (Å²) in [6.45, 7) is 1.20. The quantitative estimate of drug-likeness (QED) is 0.614. The number of benzene rings is 1. The highest BCUT2D eigenvalue weighted by atomic mass is 35.5. The molecule has 0 radical (unpaired) electrons. The van der Waals surface area contributed by atoms with Crippen LogP contribution in [-0.2, 0) is 4.79 Å². The minimum atomic E-state index is -0.676. The van der Waals surface area contributed by atoms with Crippen LogP contribution in [0.1, 0.15) is 24.8 Å². The van der Waals surface area contributed by atoms with Crippen molar-refractivity contribution in [2.45, 2.75) is 25.3 Å². The highest BCUT2D eigenvalue weighted by Gasteiger charge is 2.54. The standard InChI is InChI=1S/C16H16Cl2N2O3/c17-12-1-2-14(18)11(8-12)7-10-3-5-19(6-4-10)16(21)13-9-15(13)20(22)23/h1-2,7-8,13,15H,3-6,9H2/t13-,15+/m1/s1. The first kappa shape index (κ1) is 16.3. The van der Waals surface area contributed by atoms with Gasteiger partial charge in [0.25, 0.3) is 0 Å². The van der Waals surface area contributed by atoms with Crippen LogP contribution in [0.5, 0.6) is 0 Å². The number of amides is 1. The molecule has 2 aliphatic rings. The summed E-state index contributed by atoms with van der Waals surface area (Å²) in [7, 11) is 0. The Bertz CT molecular complexity index is 680. The van der Waals surface area contributed by atoms with Crippen LogP contribution in [-0.4, -0.2) is 34.9 Å². The van der Waals surface area contributed by atoms with Crippen molar-refractivity contribution >= 4 is 35.2 Å². The number of rotatable bonds is 3. The first-order chi connectivity index (χ1) is 11.0. The molecule has 2 atom stereocenters. The highest BCUT2D eigenvalue weighted by Crippen LogP contribution is 2.36. The Morgan fingerprint density at radius 1 is 1.30 bits per heavy atom. The predicted molar refractivity (Wildman–Crippen MR) is 89.1 cm³/mol. The van der Waals surface area contributed by atoms with Crippen molar-refractivity contribution in [1.82, 2.24) is 4.90 Å². The van der Waals surface area contributed by atoms with Gasteiger partial charge in [0.15, 0.2) is 0 Å². The van der Waals surface area contributed by atoms with E-state index in [1.54, 1.807) is 17.0 Å². The Labute approximate surface area is 144 Å². The Kier molecular flexibility index (Phi) is 4.60. The third-order valence-electron chi connectivity index (χ3n) is 4.38. The number of carbonyl (C=O) groups excluding carboxylic acids is 1. The van der Waals surface area contributed by atoms with Gasteiger partial charge in [-0.2, -0.15) is 0 Å². The van der Waals surface area contributed by atoms with Gasteiger partial charge in [-0.25, -0.2) is 0 Å². The molecule has 0 unspecified atom stereocenters. The van der Waals surface area contributed by atoms with E-state index in [1.165, 1.54) is 5.57 Å². The van der Waals surface area contributed by atoms with Crippen molar-refractivity contribution < 1.29 is 9.72 Å². The van der Waals surface area contributed by atoms with Gasteiger partial charge in [-0.05, 0) is 36.6 Å². The summed E-state index contributed by atoms with van der Waals surface area (Å²) in [5.74, 6) is -0.496. The molecule has 0 aromatic heterocycles. The molecule has 23 heavy (non-hydrogen) atoms. The summed E-state index contributed by atoms with van der Waals surface area (Å²) < 4.78 is 0. The SMILES string of the molecule is O=C([C@@H]1C[C@@H]1[N+](=O)[O-])N1CCC(=Cc2cc(Cl)ccc2Cl)CC1. The molecule has 1 heterocycles. The number of piperidine rings is 1. The van der Waals surface area contributed by atoms with Crippen LogP contribution in [0.4, 0.5) is 0 Å². The van der Waals surface area contributed by atoms with Gasteiger partial charge in [0.1, 0.15) is 5.92 Å². The van der Waals surface area contributed by atoms with Crippen molar-refractivity contribution in [3.8, 4) is 0 Å². The molecular weight excluding hydrogens is 339 g/mol. The van der Waals surface area contributed by atoms with E-state index in [4.69, 9.17) is 23.2 Å². The van der Waals surface area contributed by atoms with Gasteiger partial charge < -0.3 is 4.90 Å². The van der Waals surface area contributed by atoms with Crippen molar-refractivity contribution in [3.05, 3.63) is 49.5 Å². The Hall–Kier alpha value is -1.59. The van der Waals surface area contributed by atoms with E-state index in [0.717, 1.165) is 18.4 Å². The maximum absolute atomic E-state index is 12.2. The average molecular weight is 355 g/mol. The second-order valence-corrected chi connectivity index (χ2v) is 6.83. The Morgan fingerprint density at radius 2 is 2.00 bits per heavy atom. The fourth-order valence-corrected chi connectivity index (χ4v) is 3.27. The summed E-state index contributed by atoms with van der Waals surface area (Å²) in [6.07, 6.45) is 3.91. The van der Waals surface area contributed by atoms with Crippen molar-refractivity contribution in [1.29, 1.82) is 0 Å². The minimum absolute atomic E-state index is 0.0773. The van der Waals surface area contributed by atoms with E-state index in [0.29, 0.717) is 29.6 Å². The topological polar surface area (TPSA) is 63.4 Å². The van der Waals surface area contributed by atoms with Crippen LogP contribution >= 0.6 is 23.2 Å². The van der Waals surface area contributed by atoms with E-state index >= 15 is 0 Å². The predicted octanol–water partition coefficient (Wildman–Crippen LogP) is 3.66. The molecule has 0 bridgehead atoms. The summed E-state index contributed by atoms with van der Waals surface area (Å²) in [5.41, 5.74) is 2.09. The number of halogens is 2. The molecule has 7 heteroatoms. The lowest BCUT2D eigenvalue weighted by molar-refractivity contribution is -0.497. The van der Waals surface area contributed by atoms with E-state index in [1.807, 2.05) is 12.1 Å². The third kappa shape index (κ3) is 3.67. The van der Waals surface area contributed by atoms with Crippen molar-refractivity contribution in [3.63, 3.8) is 0 Å². The first-order valence-corrected chi connectivity index (χ1v) is 8.28. The van der Waals surface area contributed by atoms with E-state index in [2.05, 4.69) is 0 Å². The minimum Gasteiger partial charge on any atom is -0.342 e. The van der Waals surface area contributed by atoms with E-state index < -0.39 is 12.0 Å². The largest absolute Gasteiger partial charge is 0.342 e. The van der Waals surface area contributed by atoms with Crippen LogP contribution in [0.3, 0.4) is 0 Å². The molecule has 1 saturated heterocycles. The summed E-state index contributed by atoms with van der Waals surface area (Å²) >= 11 is 12.1. The molecule has 2 fully saturated rings. The molecule has 122 valence electrons. The Balaban J connectivity index is 1.60. The highest BCUT2D eigenvalue weighted by molar-refractivity contribution is 6.34. The molecule has 1 amide bonds. The zero-order chi connectivity index (χ0) is 16.6. The van der Waals surface area contributed by atoms with Crippen LogP contribution in [0.2, 0.25) is 10.0 Å². The number of nitro groups is 1. The Morgan fingerprint density at radius 3 is 2.61 bits per heavy atom. The number of hydrogen-bond acceptors (Lipinski definition) is 3. The fourth-order valence-electron chi connectivity index (χ4n) is 2.92. The summed E-state index contributed by atoms with van der Waals surface area (Å²) in [4.78, 5) is 24.3. The van der Waals surface area contributed by atoms with Gasteiger partial charge in [0.05, 0.1) is 0 Å². The second kappa shape index (κ2) is 6.49. The smallest absolute Gasteiger partial charge is 0.232 e. The lowest BCUT2D eigenvalue weighted by atomic mass is 10.0. The van der Waals surface area contributed by atoms with Crippen molar-refractivity contribution in [2.75, 3.05) is 13.1 Å². The van der Waals surface area contributed by atoms with Crippen LogP contribution in [0.25, 0.3) is 6.08 Å². The molecule has 0 spiro atoms. The molecule has 5 nitrogen and oxygen atoms in total. The molecule has 1 aliphatic heterocycles. The van der Waals surface area contributed by atoms with Crippen LogP contribution in [0, 0.1) is 16.0 Å². The fraction of sp³-hybridized carbons (Fsp3) is 0.438. The summed E-state index contributed by atoms with van der Waals surface area (Å²) in [6, 6.07) is 4.65. The lowest BCUT2D eigenvalue weighted by Crippen LogP contribution is -2.38. The summed E-state index contributed by atoms with van der Waals surface area (Å²) in [5, 5.41) is 12.0. The number of carbonyl (C=O) groups is 1. The van der Waals surface area contributed by atoms with Gasteiger partial charge in [-0.1, -0.05) is 34.9 Å². The monoisotopic (exact) mass is 354 g/mol. The maximum Gasteiger partial charge on any atom is 0.232 e. The molecule has 1 aliphatic carbocycles. The van der Waals surface area contributed by atoms with E-state index in [9.17, 15) is 14.9 Å². The van der Waals surface area contributed by atoms with Gasteiger partial charge in [0, 0.05) is 34.5 Å². The second-order valence-electron chi connectivity index (χ2n) is 5.99. The van der Waals surface area contributed by atoms with Crippen LogP contribution < -0.4 is 0 Å². The molecule has 0 N–H and O–H groups in total. The zero-order valence-corrected chi connectivity index (χ0v) is 13.9. The number of likely N-dealkylation sites (tertiary alicyclic amines) is 1. The van der Waals surface area contributed by atoms with Gasteiger partial charge in [-0.15, -0.1) is 0 Å². The maximum atomic E-state index is 12.2. The number of hydrogen-bond donors (Lipinski definition) is 0. The third-order valence-corrected chi connectivity index (χ3v) is 4.96. The molecule has 1 aromatic rings. The lowest BCUT2D eigenvalue weighted by Gasteiger charge is -2.28. The van der Waals surface area contributed by atoms with Gasteiger partial charge in [-0.3, -0.25) is 14.9 Å². The van der Waals surface area contributed by atoms with Crippen LogP contribution in [0.15, 0.2) is 23.8 Å². The molecule has 1 saturated carbocycles. The van der Waals surface area contributed by atoms with Gasteiger partial charge in [0.2, 0.25) is 11.9 Å². The average Bonchev–Trinajstić information content (AvgIpc) is 3.32.